The SMILES string of the molecule is Cc1cnc(CN2CCN(C[C@H](O)c3ccccc3)[C@@H](C)C2)cn1. The Labute approximate surface area is 144 Å². The molecule has 1 fully saturated rings. The van der Waals surface area contributed by atoms with Gasteiger partial charge in [0, 0.05) is 51.2 Å². The molecule has 1 saturated heterocycles. The van der Waals surface area contributed by atoms with Gasteiger partial charge in [-0.05, 0) is 19.4 Å². The first kappa shape index (κ1) is 17.0. The van der Waals surface area contributed by atoms with Crippen molar-refractivity contribution in [3.05, 3.63) is 59.7 Å². The van der Waals surface area contributed by atoms with Crippen LogP contribution in [0.3, 0.4) is 0 Å². The lowest BCUT2D eigenvalue weighted by molar-refractivity contribution is 0.0358. The van der Waals surface area contributed by atoms with E-state index in [1.165, 1.54) is 0 Å². The number of hydrogen-bond donors (Lipinski definition) is 1. The predicted octanol–water partition coefficient (Wildman–Crippen LogP) is 2.02. The molecule has 0 unspecified atom stereocenters. The Morgan fingerprint density at radius 1 is 1.17 bits per heavy atom. The van der Waals surface area contributed by atoms with Gasteiger partial charge in [0.05, 0.1) is 17.5 Å². The Bertz CT molecular complexity index is 632. The van der Waals surface area contributed by atoms with Crippen LogP contribution in [0.1, 0.15) is 30.0 Å². The van der Waals surface area contributed by atoms with Gasteiger partial charge in [0.15, 0.2) is 0 Å². The van der Waals surface area contributed by atoms with Gasteiger partial charge in [-0.25, -0.2) is 0 Å². The summed E-state index contributed by atoms with van der Waals surface area (Å²) in [7, 11) is 0. The Morgan fingerprint density at radius 3 is 2.62 bits per heavy atom. The highest BCUT2D eigenvalue weighted by molar-refractivity contribution is 5.17. The van der Waals surface area contributed by atoms with Crippen LogP contribution in [-0.2, 0) is 6.54 Å². The fraction of sp³-hybridized carbons (Fsp3) is 0.474. The van der Waals surface area contributed by atoms with Crippen molar-refractivity contribution in [3.8, 4) is 0 Å². The molecule has 24 heavy (non-hydrogen) atoms. The van der Waals surface area contributed by atoms with Crippen LogP contribution in [0.25, 0.3) is 0 Å². The van der Waals surface area contributed by atoms with E-state index >= 15 is 0 Å². The zero-order chi connectivity index (χ0) is 16.9. The first-order valence-corrected chi connectivity index (χ1v) is 8.59. The highest BCUT2D eigenvalue weighted by atomic mass is 16.3. The van der Waals surface area contributed by atoms with Crippen LogP contribution in [-0.4, -0.2) is 57.1 Å². The normalized spacial score (nSPS) is 20.9. The van der Waals surface area contributed by atoms with Crippen LogP contribution in [0.4, 0.5) is 0 Å². The topological polar surface area (TPSA) is 52.5 Å². The average molecular weight is 326 g/mol. The van der Waals surface area contributed by atoms with Crippen LogP contribution < -0.4 is 0 Å². The number of aliphatic hydroxyl groups is 1. The van der Waals surface area contributed by atoms with E-state index in [0.717, 1.165) is 43.1 Å². The van der Waals surface area contributed by atoms with Gasteiger partial charge >= 0.3 is 0 Å². The third-order valence-electron chi connectivity index (χ3n) is 4.66. The van der Waals surface area contributed by atoms with Gasteiger partial charge in [-0.1, -0.05) is 30.3 Å². The molecule has 0 spiro atoms. The molecule has 5 nitrogen and oxygen atoms in total. The van der Waals surface area contributed by atoms with Gasteiger partial charge < -0.3 is 5.11 Å². The molecule has 1 N–H and O–H groups in total. The molecule has 1 aliphatic rings. The third kappa shape index (κ3) is 4.38. The largest absolute Gasteiger partial charge is 0.387 e. The van der Waals surface area contributed by atoms with Crippen LogP contribution in [0.15, 0.2) is 42.7 Å². The molecule has 1 aliphatic heterocycles. The molecular weight excluding hydrogens is 300 g/mol. The molecular formula is C19H26N4O. The molecule has 2 aromatic rings. The number of β-amino-alcohol motifs (C(OH)–C–C–N with tert-alkyl or cyclic N) is 1. The lowest BCUT2D eigenvalue weighted by Gasteiger charge is -2.40. The summed E-state index contributed by atoms with van der Waals surface area (Å²) in [6.45, 7) is 8.64. The Morgan fingerprint density at radius 2 is 1.96 bits per heavy atom. The maximum absolute atomic E-state index is 10.4. The summed E-state index contributed by atoms with van der Waals surface area (Å²) in [4.78, 5) is 13.5. The molecule has 0 saturated carbocycles. The van der Waals surface area contributed by atoms with E-state index < -0.39 is 6.10 Å². The molecule has 5 heteroatoms. The minimum Gasteiger partial charge on any atom is -0.387 e. The summed E-state index contributed by atoms with van der Waals surface area (Å²) >= 11 is 0. The van der Waals surface area contributed by atoms with E-state index in [1.54, 1.807) is 0 Å². The second kappa shape index (κ2) is 7.83. The zero-order valence-electron chi connectivity index (χ0n) is 14.5. The summed E-state index contributed by atoms with van der Waals surface area (Å²) in [6.07, 6.45) is 3.26. The first-order chi connectivity index (χ1) is 11.6. The predicted molar refractivity (Wildman–Crippen MR) is 94.5 cm³/mol. The molecule has 2 atom stereocenters. The van der Waals surface area contributed by atoms with Gasteiger partial charge in [0.1, 0.15) is 0 Å². The van der Waals surface area contributed by atoms with Crippen LogP contribution in [0.2, 0.25) is 0 Å². The number of benzene rings is 1. The van der Waals surface area contributed by atoms with E-state index in [2.05, 4.69) is 26.7 Å². The number of aryl methyl sites for hydroxylation is 1. The fourth-order valence-corrected chi connectivity index (χ4v) is 3.22. The molecule has 0 aliphatic carbocycles. The second-order valence-corrected chi connectivity index (χ2v) is 6.65. The summed E-state index contributed by atoms with van der Waals surface area (Å²) < 4.78 is 0. The number of aromatic nitrogens is 2. The maximum atomic E-state index is 10.4. The number of hydrogen-bond acceptors (Lipinski definition) is 5. The molecule has 128 valence electrons. The smallest absolute Gasteiger partial charge is 0.0917 e. The summed E-state index contributed by atoms with van der Waals surface area (Å²) in [5.74, 6) is 0. The summed E-state index contributed by atoms with van der Waals surface area (Å²) in [5, 5.41) is 10.4. The van der Waals surface area contributed by atoms with Crippen molar-refractivity contribution in [2.45, 2.75) is 32.5 Å². The molecule has 1 aromatic carbocycles. The van der Waals surface area contributed by atoms with E-state index in [4.69, 9.17) is 0 Å². The lowest BCUT2D eigenvalue weighted by Crippen LogP contribution is -2.52. The summed E-state index contributed by atoms with van der Waals surface area (Å²) in [5.41, 5.74) is 2.96. The maximum Gasteiger partial charge on any atom is 0.0917 e. The molecule has 0 bridgehead atoms. The number of rotatable bonds is 5. The number of piperazine rings is 1. The van der Waals surface area contributed by atoms with Crippen LogP contribution in [0.5, 0.6) is 0 Å². The lowest BCUT2D eigenvalue weighted by atomic mass is 10.1. The fourth-order valence-electron chi connectivity index (χ4n) is 3.22. The van der Waals surface area contributed by atoms with E-state index in [0.29, 0.717) is 12.6 Å². The minimum atomic E-state index is -0.428. The van der Waals surface area contributed by atoms with Crippen molar-refractivity contribution in [1.82, 2.24) is 19.8 Å². The number of nitrogens with zero attached hydrogens (tertiary/aromatic N) is 4. The minimum absolute atomic E-state index is 0.413. The Balaban J connectivity index is 1.52. The van der Waals surface area contributed by atoms with Crippen molar-refractivity contribution < 1.29 is 5.11 Å². The zero-order valence-corrected chi connectivity index (χ0v) is 14.5. The van der Waals surface area contributed by atoms with Crippen LogP contribution >= 0.6 is 0 Å². The molecule has 3 rings (SSSR count). The first-order valence-electron chi connectivity index (χ1n) is 8.59. The molecule has 0 amide bonds. The van der Waals surface area contributed by atoms with Gasteiger partial charge in [0.25, 0.3) is 0 Å². The van der Waals surface area contributed by atoms with Crippen molar-refractivity contribution in [2.75, 3.05) is 26.2 Å². The van der Waals surface area contributed by atoms with E-state index in [9.17, 15) is 5.11 Å². The second-order valence-electron chi connectivity index (χ2n) is 6.65. The Hall–Kier alpha value is -1.82. The van der Waals surface area contributed by atoms with Crippen LogP contribution in [0, 0.1) is 6.92 Å². The van der Waals surface area contributed by atoms with E-state index in [1.807, 2.05) is 49.6 Å². The van der Waals surface area contributed by atoms with Gasteiger partial charge in [-0.15, -0.1) is 0 Å². The monoisotopic (exact) mass is 326 g/mol. The standard InChI is InChI=1S/C19H26N4O/c1-15-10-21-18(11-20-15)13-22-8-9-23(16(2)12-22)14-19(24)17-6-4-3-5-7-17/h3-7,10-11,16,19,24H,8-9,12-14H2,1-2H3/t16-,19-/m0/s1. The third-order valence-corrected chi connectivity index (χ3v) is 4.66. The summed E-state index contributed by atoms with van der Waals surface area (Å²) in [6, 6.07) is 10.3. The van der Waals surface area contributed by atoms with Gasteiger partial charge in [0.2, 0.25) is 0 Å². The van der Waals surface area contributed by atoms with Crippen molar-refractivity contribution in [3.63, 3.8) is 0 Å². The van der Waals surface area contributed by atoms with Crippen molar-refractivity contribution in [2.24, 2.45) is 0 Å². The Kier molecular flexibility index (Phi) is 5.56. The quantitative estimate of drug-likeness (QED) is 0.911. The van der Waals surface area contributed by atoms with Gasteiger partial charge in [-0.3, -0.25) is 19.8 Å². The number of aliphatic hydroxyl groups excluding tert-OH is 1. The molecule has 1 aromatic heterocycles. The van der Waals surface area contributed by atoms with Crippen molar-refractivity contribution >= 4 is 0 Å². The van der Waals surface area contributed by atoms with Gasteiger partial charge in [-0.2, -0.15) is 0 Å². The van der Waals surface area contributed by atoms with E-state index in [-0.39, 0.29) is 0 Å². The average Bonchev–Trinajstić information content (AvgIpc) is 2.60. The highest BCUT2D eigenvalue weighted by Gasteiger charge is 2.25. The van der Waals surface area contributed by atoms with Crippen molar-refractivity contribution in [1.29, 1.82) is 0 Å². The molecule has 0 radical (unpaired) electrons. The highest BCUT2D eigenvalue weighted by Crippen LogP contribution is 2.18. The molecule has 2 heterocycles.